The Hall–Kier alpha value is -6.76. The molecule has 0 saturated carbocycles. The van der Waals surface area contributed by atoms with Gasteiger partial charge in [-0.15, -0.1) is 0 Å². The van der Waals surface area contributed by atoms with Gasteiger partial charge in [-0.1, -0.05) is 19.1 Å². The quantitative estimate of drug-likeness (QED) is 0.0359. The van der Waals surface area contributed by atoms with Crippen LogP contribution in [0.4, 0.5) is 34.5 Å². The van der Waals surface area contributed by atoms with Crippen LogP contribution in [0.5, 0.6) is 5.75 Å². The fourth-order valence-corrected chi connectivity index (χ4v) is 9.41. The Bertz CT molecular complexity index is 2850. The monoisotopic (exact) mass is 963 g/mol. The Morgan fingerprint density at radius 1 is 0.954 bits per heavy atom. The van der Waals surface area contributed by atoms with Gasteiger partial charge in [0.25, 0.3) is 11.8 Å². The van der Waals surface area contributed by atoms with Gasteiger partial charge >= 0.3 is 0 Å². The van der Waals surface area contributed by atoms with Crippen molar-refractivity contribution in [1.82, 2.24) is 45.4 Å². The molecule has 7 N–H and O–H groups in total. The van der Waals surface area contributed by atoms with Crippen molar-refractivity contribution in [3.63, 3.8) is 0 Å². The molecule has 336 valence electrons. The number of piperidine rings is 1. The number of fused-ring (bicyclic) bond motifs is 1. The number of anilines is 6. The molecule has 1 atom stereocenters. The van der Waals surface area contributed by atoms with E-state index in [4.69, 9.17) is 9.72 Å². The Kier molecular flexibility index (Phi) is 13.2. The molecular formula is C44H47BrN13O6P. The van der Waals surface area contributed by atoms with Crippen molar-refractivity contribution in [3.8, 4) is 5.75 Å². The SMILES string of the molecule is CCc1cc(Nc2ncc(Br)c(Nc3ccc4nccnc4c3P(C)(C)=O)n2)c(OC)cc1NCCNC1CN(C(=O)c2nc(C(=O)Nc3ccc(C4CCC(=O)NC4=O)cc3)c[nH]2)C1. The lowest BCUT2D eigenvalue weighted by atomic mass is 9.90. The number of hydrogen-bond donors (Lipinski definition) is 7. The van der Waals surface area contributed by atoms with Crippen LogP contribution in [0.25, 0.3) is 11.0 Å². The smallest absolute Gasteiger partial charge is 0.289 e. The molecule has 4 amide bonds. The topological polar surface area (TPSA) is 250 Å². The fraction of sp³-hybridized carbons (Fsp3) is 0.295. The van der Waals surface area contributed by atoms with E-state index in [1.807, 2.05) is 24.3 Å². The first-order valence-electron chi connectivity index (χ1n) is 20.9. The highest BCUT2D eigenvalue weighted by Crippen LogP contribution is 2.41. The number of H-pyrrole nitrogens is 1. The maximum absolute atomic E-state index is 13.5. The standard InChI is InChI=1S/C44H47BrN13O6P/c1-5-24-18-33(55-44-51-20-29(45)39(57-44)53-31-12-11-30-37(49-17-16-47-30)38(31)65(3,4)63)35(64-2)19-32(24)48-15-14-46-27-22-58(23-27)43(62)40-50-21-34(54-40)42(61)52-26-8-6-25(7-9-26)28-10-13-36(59)56-41(28)60/h6-9,11-12,16-21,27-28,46,48H,5,10,13-15,22-23H2,1-4H3,(H,50,54)(H,52,61)(H,56,59,60)(H2,51,53,55,57). The minimum atomic E-state index is -2.80. The van der Waals surface area contributed by atoms with Crippen LogP contribution < -0.4 is 41.9 Å². The molecule has 65 heavy (non-hydrogen) atoms. The molecule has 6 aromatic rings. The van der Waals surface area contributed by atoms with Gasteiger partial charge in [0.1, 0.15) is 29.9 Å². The fourth-order valence-electron chi connectivity index (χ4n) is 7.73. The summed E-state index contributed by atoms with van der Waals surface area (Å²) >= 11 is 3.55. The molecule has 21 heteroatoms. The van der Waals surface area contributed by atoms with Gasteiger partial charge < -0.3 is 45.8 Å². The predicted octanol–water partition coefficient (Wildman–Crippen LogP) is 5.51. The van der Waals surface area contributed by atoms with Crippen LogP contribution in [0.15, 0.2) is 77.8 Å². The highest BCUT2D eigenvalue weighted by Gasteiger charge is 2.33. The van der Waals surface area contributed by atoms with Gasteiger partial charge in [-0.25, -0.2) is 9.97 Å². The molecule has 5 heterocycles. The Morgan fingerprint density at radius 2 is 1.74 bits per heavy atom. The molecule has 19 nitrogen and oxygen atoms in total. The number of halogens is 1. The highest BCUT2D eigenvalue weighted by atomic mass is 79.9. The van der Waals surface area contributed by atoms with Gasteiger partial charge in [-0.2, -0.15) is 4.98 Å². The second-order valence-electron chi connectivity index (χ2n) is 15.9. The largest absolute Gasteiger partial charge is 0.494 e. The van der Waals surface area contributed by atoms with E-state index in [1.165, 1.54) is 6.20 Å². The van der Waals surface area contributed by atoms with Crippen LogP contribution >= 0.6 is 23.1 Å². The van der Waals surface area contributed by atoms with Crippen LogP contribution in [0.1, 0.15) is 57.9 Å². The summed E-state index contributed by atoms with van der Waals surface area (Å²) < 4.78 is 19.9. The van der Waals surface area contributed by atoms with Gasteiger partial charge in [0.05, 0.1) is 39.7 Å². The van der Waals surface area contributed by atoms with Crippen molar-refractivity contribution in [2.75, 3.05) is 67.9 Å². The van der Waals surface area contributed by atoms with E-state index in [1.54, 1.807) is 68.2 Å². The first-order chi connectivity index (χ1) is 31.3. The van der Waals surface area contributed by atoms with Gasteiger partial charge in [-0.3, -0.25) is 34.5 Å². The summed E-state index contributed by atoms with van der Waals surface area (Å²) in [5.74, 6) is -0.385. The highest BCUT2D eigenvalue weighted by molar-refractivity contribution is 9.10. The maximum Gasteiger partial charge on any atom is 0.289 e. The number of nitrogens with one attached hydrogen (secondary N) is 7. The number of aromatic nitrogens is 6. The van der Waals surface area contributed by atoms with Gasteiger partial charge in [-0.05, 0) is 83.6 Å². The van der Waals surface area contributed by atoms with E-state index in [-0.39, 0.29) is 41.7 Å². The average Bonchev–Trinajstić information content (AvgIpc) is 3.78. The number of nitrogens with zero attached hydrogens (tertiary/aromatic N) is 6. The average molecular weight is 965 g/mol. The van der Waals surface area contributed by atoms with Crippen LogP contribution in [-0.2, 0) is 20.6 Å². The summed E-state index contributed by atoms with van der Waals surface area (Å²) in [6.07, 6.45) is 7.67. The number of carbonyl (C=O) groups excluding carboxylic acids is 4. The molecule has 2 fully saturated rings. The van der Waals surface area contributed by atoms with E-state index >= 15 is 0 Å². The lowest BCUT2D eigenvalue weighted by Gasteiger charge is -2.39. The number of aromatic amines is 1. The molecule has 2 aliphatic heterocycles. The lowest BCUT2D eigenvalue weighted by molar-refractivity contribution is -0.134. The first-order valence-corrected chi connectivity index (χ1v) is 24.3. The first kappa shape index (κ1) is 44.8. The maximum atomic E-state index is 13.5. The summed E-state index contributed by atoms with van der Waals surface area (Å²) in [4.78, 5) is 76.6. The molecular weight excluding hydrogens is 917 g/mol. The van der Waals surface area contributed by atoms with Gasteiger partial charge in [0, 0.05) is 80.9 Å². The molecule has 0 aliphatic carbocycles. The van der Waals surface area contributed by atoms with Crippen molar-refractivity contribution in [3.05, 3.63) is 100 Å². The number of aryl methyl sites for hydroxylation is 1. The number of imidazole rings is 1. The molecule has 0 radical (unpaired) electrons. The Morgan fingerprint density at radius 3 is 2.48 bits per heavy atom. The number of amides is 4. The van der Waals surface area contributed by atoms with Crippen LogP contribution in [-0.4, -0.2) is 111 Å². The zero-order valence-electron chi connectivity index (χ0n) is 36.0. The molecule has 0 spiro atoms. The minimum absolute atomic E-state index is 0.0642. The summed E-state index contributed by atoms with van der Waals surface area (Å²) in [6.45, 7) is 7.69. The van der Waals surface area contributed by atoms with Crippen LogP contribution in [0.3, 0.4) is 0 Å². The third-order valence-electron chi connectivity index (χ3n) is 11.1. The van der Waals surface area contributed by atoms with Crippen molar-refractivity contribution in [2.45, 2.75) is 38.1 Å². The number of carbonyl (C=O) groups is 4. The number of ether oxygens (including phenoxy) is 1. The third-order valence-corrected chi connectivity index (χ3v) is 13.2. The second-order valence-corrected chi connectivity index (χ2v) is 19.9. The number of hydrogen-bond acceptors (Lipinski definition) is 15. The summed E-state index contributed by atoms with van der Waals surface area (Å²) in [6, 6.07) is 14.5. The Labute approximate surface area is 382 Å². The number of benzene rings is 3. The van der Waals surface area contributed by atoms with E-state index in [2.05, 4.69) is 79.7 Å². The number of imide groups is 1. The molecule has 3 aromatic carbocycles. The van der Waals surface area contributed by atoms with Gasteiger partial charge in [0.2, 0.25) is 17.8 Å². The minimum Gasteiger partial charge on any atom is -0.494 e. The number of methoxy groups -OCH3 is 1. The molecule has 2 aliphatic rings. The Balaban J connectivity index is 0.816. The summed E-state index contributed by atoms with van der Waals surface area (Å²) in [5, 5.41) is 19.3. The van der Waals surface area contributed by atoms with E-state index in [9.17, 15) is 23.7 Å². The van der Waals surface area contributed by atoms with Crippen molar-refractivity contribution >= 4 is 97.6 Å². The van der Waals surface area contributed by atoms with E-state index < -0.39 is 19.0 Å². The number of likely N-dealkylation sites (tertiary alicyclic amines) is 1. The zero-order chi connectivity index (χ0) is 45.8. The molecule has 8 rings (SSSR count). The predicted molar refractivity (Wildman–Crippen MR) is 252 cm³/mol. The van der Waals surface area contributed by atoms with E-state index in [0.717, 1.165) is 23.2 Å². The molecule has 3 aromatic heterocycles. The van der Waals surface area contributed by atoms with Crippen LogP contribution in [0.2, 0.25) is 0 Å². The molecule has 1 unspecified atom stereocenters. The molecule has 0 bridgehead atoms. The van der Waals surface area contributed by atoms with Crippen LogP contribution in [0, 0.1) is 0 Å². The lowest BCUT2D eigenvalue weighted by Crippen LogP contribution is -2.60. The summed E-state index contributed by atoms with van der Waals surface area (Å²) in [7, 11) is -1.20. The normalized spacial score (nSPS) is 15.3. The second kappa shape index (κ2) is 19.1. The van der Waals surface area contributed by atoms with Crippen molar-refractivity contribution in [2.24, 2.45) is 0 Å². The third kappa shape index (κ3) is 10.1. The number of rotatable bonds is 16. The summed E-state index contributed by atoms with van der Waals surface area (Å²) in [5.41, 5.74) is 5.78. The van der Waals surface area contributed by atoms with Crippen molar-refractivity contribution in [1.29, 1.82) is 0 Å². The van der Waals surface area contributed by atoms with Gasteiger partial charge in [0.15, 0.2) is 5.82 Å². The van der Waals surface area contributed by atoms with E-state index in [0.29, 0.717) is 88.0 Å². The molecule has 2 saturated heterocycles. The van der Waals surface area contributed by atoms with Crippen molar-refractivity contribution < 1.29 is 28.5 Å². The zero-order valence-corrected chi connectivity index (χ0v) is 38.5.